The summed E-state index contributed by atoms with van der Waals surface area (Å²) in [5, 5.41) is 22.5. The maximum Gasteiger partial charge on any atom is 0.488 e. The topological polar surface area (TPSA) is 118 Å². The van der Waals surface area contributed by atoms with Gasteiger partial charge in [0.15, 0.2) is 5.82 Å². The van der Waals surface area contributed by atoms with Crippen molar-refractivity contribution in [1.82, 2.24) is 29.9 Å². The Morgan fingerprint density at radius 3 is 1.32 bits per heavy atom. The maximum absolute atomic E-state index is 8.94. The first-order valence-corrected chi connectivity index (χ1v) is 13.2. The summed E-state index contributed by atoms with van der Waals surface area (Å²) in [6, 6.07) is 27.2. The van der Waals surface area contributed by atoms with Gasteiger partial charge in [0.1, 0.15) is 0 Å². The number of fused-ring (bicyclic) bond motifs is 2. The number of benzene rings is 4. The average molecular weight is 633 g/mol. The SMILES string of the molecule is Clc1nc(Cl)nc(-c2ccc3ccccc3c2)n1.Clc1nc(Cl)nc(Cl)n1.OB(O)c1ccc2ccccc2c1. The predicted molar refractivity (Wildman–Crippen MR) is 161 cm³/mol. The van der Waals surface area contributed by atoms with E-state index >= 15 is 0 Å². The van der Waals surface area contributed by atoms with Crippen LogP contribution in [0, 0.1) is 0 Å². The molecule has 200 valence electrons. The second-order valence-corrected chi connectivity index (χ2v) is 9.57. The van der Waals surface area contributed by atoms with Gasteiger partial charge in [-0.1, -0.05) is 78.9 Å². The third-order valence-corrected chi connectivity index (χ3v) is 6.06. The summed E-state index contributed by atoms with van der Waals surface area (Å²) >= 11 is 27.5. The molecule has 0 atom stereocenters. The Morgan fingerprint density at radius 1 is 0.450 bits per heavy atom. The number of nitrogens with zero attached hydrogens (tertiary/aromatic N) is 6. The second-order valence-electron chi connectivity index (χ2n) is 7.88. The van der Waals surface area contributed by atoms with Crippen LogP contribution in [0.15, 0.2) is 84.9 Å². The van der Waals surface area contributed by atoms with Crippen molar-refractivity contribution < 1.29 is 10.0 Å². The van der Waals surface area contributed by atoms with Gasteiger partial charge in [-0.05, 0) is 91.1 Å². The smallest absolute Gasteiger partial charge is 0.423 e. The second kappa shape index (κ2) is 14.0. The zero-order valence-corrected chi connectivity index (χ0v) is 23.9. The van der Waals surface area contributed by atoms with Gasteiger partial charge in [0.05, 0.1) is 0 Å². The van der Waals surface area contributed by atoms with E-state index in [9.17, 15) is 0 Å². The van der Waals surface area contributed by atoms with Crippen molar-refractivity contribution in [2.75, 3.05) is 0 Å². The van der Waals surface area contributed by atoms with Gasteiger partial charge in [0, 0.05) is 5.56 Å². The fourth-order valence-electron chi connectivity index (χ4n) is 3.46. The lowest BCUT2D eigenvalue weighted by atomic mass is 9.79. The van der Waals surface area contributed by atoms with Crippen LogP contribution in [0.1, 0.15) is 0 Å². The molecule has 2 N–H and O–H groups in total. The molecule has 0 unspecified atom stereocenters. The molecule has 4 aromatic carbocycles. The Balaban J connectivity index is 0.000000148. The summed E-state index contributed by atoms with van der Waals surface area (Å²) in [4.78, 5) is 22.2. The Kier molecular flexibility index (Phi) is 10.4. The molecule has 2 heterocycles. The summed E-state index contributed by atoms with van der Waals surface area (Å²) in [5.74, 6) is 0.478. The molecule has 0 aliphatic rings. The van der Waals surface area contributed by atoms with Crippen LogP contribution in [0.3, 0.4) is 0 Å². The van der Waals surface area contributed by atoms with Gasteiger partial charge in [0.2, 0.25) is 26.4 Å². The highest BCUT2D eigenvalue weighted by Gasteiger charge is 2.10. The van der Waals surface area contributed by atoms with Gasteiger partial charge in [-0.2, -0.15) is 29.9 Å². The number of hydrogen-bond acceptors (Lipinski definition) is 8. The van der Waals surface area contributed by atoms with E-state index < -0.39 is 7.12 Å². The van der Waals surface area contributed by atoms with E-state index in [1.165, 1.54) is 0 Å². The molecule has 0 saturated carbocycles. The lowest BCUT2D eigenvalue weighted by Crippen LogP contribution is -2.29. The lowest BCUT2D eigenvalue weighted by molar-refractivity contribution is 0.426. The summed E-state index contributed by atoms with van der Waals surface area (Å²) in [7, 11) is -1.38. The van der Waals surface area contributed by atoms with Gasteiger partial charge in [-0.3, -0.25) is 0 Å². The normalized spacial score (nSPS) is 10.4. The number of aromatic nitrogens is 6. The molecule has 0 fully saturated rings. The molecule has 14 heteroatoms. The molecular weight excluding hydrogens is 616 g/mol. The molecule has 0 aliphatic carbocycles. The molecule has 0 saturated heterocycles. The third kappa shape index (κ3) is 8.43. The molecule has 0 amide bonds. The molecule has 8 nitrogen and oxygen atoms in total. The molecule has 2 aromatic heterocycles. The van der Waals surface area contributed by atoms with Gasteiger partial charge < -0.3 is 10.0 Å². The predicted octanol–water partition coefficient (Wildman–Crippen LogP) is 6.35. The van der Waals surface area contributed by atoms with E-state index in [2.05, 4.69) is 29.9 Å². The van der Waals surface area contributed by atoms with Crippen LogP contribution in [0.25, 0.3) is 32.9 Å². The van der Waals surface area contributed by atoms with Crippen LogP contribution < -0.4 is 5.46 Å². The maximum atomic E-state index is 8.94. The van der Waals surface area contributed by atoms with E-state index in [0.717, 1.165) is 27.1 Å². The first-order valence-electron chi connectivity index (χ1n) is 11.3. The summed E-state index contributed by atoms with van der Waals surface area (Å²) in [6.45, 7) is 0. The van der Waals surface area contributed by atoms with Gasteiger partial charge >= 0.3 is 7.12 Å². The Labute approximate surface area is 253 Å². The Bertz CT molecular complexity index is 1710. The third-order valence-electron chi connectivity index (χ3n) is 5.21. The lowest BCUT2D eigenvalue weighted by Gasteiger charge is -2.03. The highest BCUT2D eigenvalue weighted by Crippen LogP contribution is 2.23. The number of rotatable bonds is 2. The summed E-state index contributed by atoms with van der Waals surface area (Å²) in [5.41, 5.74) is 1.39. The molecule has 6 rings (SSSR count). The number of halogens is 5. The first kappa shape index (κ1) is 29.8. The first-order chi connectivity index (χ1) is 19.2. The van der Waals surface area contributed by atoms with Crippen molar-refractivity contribution in [2.45, 2.75) is 0 Å². The van der Waals surface area contributed by atoms with E-state index in [1.54, 1.807) is 12.1 Å². The van der Waals surface area contributed by atoms with Crippen molar-refractivity contribution in [3.05, 3.63) is 111 Å². The highest BCUT2D eigenvalue weighted by atomic mass is 35.5. The van der Waals surface area contributed by atoms with Gasteiger partial charge in [-0.15, -0.1) is 0 Å². The van der Waals surface area contributed by atoms with Crippen LogP contribution in [-0.4, -0.2) is 47.1 Å². The fraction of sp³-hybridized carbons (Fsp3) is 0. The van der Waals surface area contributed by atoms with Crippen LogP contribution in [0.4, 0.5) is 0 Å². The highest BCUT2D eigenvalue weighted by molar-refractivity contribution is 6.58. The minimum atomic E-state index is -1.38. The molecule has 40 heavy (non-hydrogen) atoms. The van der Waals surface area contributed by atoms with Crippen molar-refractivity contribution in [3.63, 3.8) is 0 Å². The van der Waals surface area contributed by atoms with Crippen molar-refractivity contribution >= 4 is 92.1 Å². The van der Waals surface area contributed by atoms with Crippen LogP contribution in [0.2, 0.25) is 26.4 Å². The van der Waals surface area contributed by atoms with E-state index in [1.807, 2.05) is 72.8 Å². The Hall–Kier alpha value is -3.15. The standard InChI is InChI=1S/C13H7Cl2N3.C10H9BO2.C3Cl3N3/c14-12-16-11(17-13(15)18-12)10-6-5-8-3-1-2-4-9(8)7-10;12-11(13)10-6-5-8-3-1-2-4-9(8)7-10;4-1-7-2(5)9-3(6)8-1/h1-7H;1-7,12-13H;. The average Bonchev–Trinajstić information content (AvgIpc) is 2.92. The molecule has 0 aliphatic heterocycles. The Morgan fingerprint density at radius 2 is 0.850 bits per heavy atom. The minimum absolute atomic E-state index is 0.000000000000000444. The molecule has 0 radical (unpaired) electrons. The van der Waals surface area contributed by atoms with Gasteiger partial charge in [0.25, 0.3) is 0 Å². The van der Waals surface area contributed by atoms with E-state index in [4.69, 9.17) is 68.1 Å². The van der Waals surface area contributed by atoms with Crippen LogP contribution in [0.5, 0.6) is 0 Å². The zero-order chi connectivity index (χ0) is 28.6. The minimum Gasteiger partial charge on any atom is -0.423 e. The van der Waals surface area contributed by atoms with Crippen LogP contribution >= 0.6 is 58.0 Å². The monoisotopic (exact) mass is 630 g/mol. The number of hydrogen-bond donors (Lipinski definition) is 2. The van der Waals surface area contributed by atoms with Crippen molar-refractivity contribution in [2.24, 2.45) is 0 Å². The zero-order valence-electron chi connectivity index (χ0n) is 20.1. The molecular formula is C26H16BCl5N6O2. The van der Waals surface area contributed by atoms with Crippen molar-refractivity contribution in [1.29, 1.82) is 0 Å². The van der Waals surface area contributed by atoms with E-state index in [-0.39, 0.29) is 26.4 Å². The molecule has 0 bridgehead atoms. The van der Waals surface area contributed by atoms with Crippen LogP contribution in [-0.2, 0) is 0 Å². The van der Waals surface area contributed by atoms with Gasteiger partial charge in [-0.25, -0.2) is 0 Å². The molecule has 0 spiro atoms. The summed E-state index contributed by atoms with van der Waals surface area (Å²) < 4.78 is 0. The van der Waals surface area contributed by atoms with Crippen molar-refractivity contribution in [3.8, 4) is 11.4 Å². The summed E-state index contributed by atoms with van der Waals surface area (Å²) in [6.07, 6.45) is 0. The fourth-order valence-corrected chi connectivity index (χ4v) is 4.43. The quantitative estimate of drug-likeness (QED) is 0.212. The van der Waals surface area contributed by atoms with E-state index in [0.29, 0.717) is 11.3 Å². The largest absolute Gasteiger partial charge is 0.488 e. The molecule has 6 aromatic rings.